The smallest absolute Gasteiger partial charge is 0.264 e. The van der Waals surface area contributed by atoms with Gasteiger partial charge in [0.25, 0.3) is 10.0 Å². The monoisotopic (exact) mass is 308 g/mol. The molecule has 2 aromatic carbocycles. The molecule has 0 aliphatic rings. The van der Waals surface area contributed by atoms with Crippen molar-refractivity contribution in [3.63, 3.8) is 0 Å². The van der Waals surface area contributed by atoms with E-state index in [9.17, 15) is 12.8 Å². The highest BCUT2D eigenvalue weighted by atomic mass is 32.2. The molecule has 112 valence electrons. The predicted octanol–water partition coefficient (Wildman–Crippen LogP) is 2.80. The van der Waals surface area contributed by atoms with E-state index in [1.807, 2.05) is 6.92 Å². The van der Waals surface area contributed by atoms with Gasteiger partial charge in [-0.3, -0.25) is 4.31 Å². The number of rotatable bonds is 4. The fourth-order valence-electron chi connectivity index (χ4n) is 2.09. The summed E-state index contributed by atoms with van der Waals surface area (Å²) in [5.74, 6) is -0.592. The lowest BCUT2D eigenvalue weighted by atomic mass is 10.1. The Balaban J connectivity index is 2.57. The minimum absolute atomic E-state index is 0.00183. The van der Waals surface area contributed by atoms with Crippen molar-refractivity contribution >= 4 is 21.4 Å². The molecule has 0 unspecified atom stereocenters. The van der Waals surface area contributed by atoms with Crippen molar-refractivity contribution in [1.82, 2.24) is 0 Å². The number of hydrogen-bond donors (Lipinski definition) is 1. The van der Waals surface area contributed by atoms with E-state index in [0.717, 1.165) is 4.31 Å². The molecule has 6 heteroatoms. The van der Waals surface area contributed by atoms with Gasteiger partial charge in [-0.05, 0) is 36.2 Å². The van der Waals surface area contributed by atoms with Crippen molar-refractivity contribution in [2.75, 3.05) is 17.1 Å². The van der Waals surface area contributed by atoms with Crippen LogP contribution in [-0.2, 0) is 16.4 Å². The number of aryl methyl sites for hydroxylation is 1. The number of anilines is 2. The summed E-state index contributed by atoms with van der Waals surface area (Å²) in [6, 6.07) is 10.5. The van der Waals surface area contributed by atoms with Crippen molar-refractivity contribution < 1.29 is 12.8 Å². The topological polar surface area (TPSA) is 63.4 Å². The molecule has 2 rings (SSSR count). The Morgan fingerprint density at radius 1 is 1.19 bits per heavy atom. The van der Waals surface area contributed by atoms with Gasteiger partial charge in [0.05, 0.1) is 10.6 Å². The second-order valence-corrected chi connectivity index (χ2v) is 6.58. The lowest BCUT2D eigenvalue weighted by Gasteiger charge is -2.21. The Morgan fingerprint density at radius 2 is 1.86 bits per heavy atom. The third kappa shape index (κ3) is 2.85. The fourth-order valence-corrected chi connectivity index (χ4v) is 3.62. The van der Waals surface area contributed by atoms with Crippen molar-refractivity contribution in [1.29, 1.82) is 0 Å². The van der Waals surface area contributed by atoms with E-state index in [1.54, 1.807) is 18.2 Å². The number of nitrogens with zero attached hydrogens (tertiary/aromatic N) is 1. The van der Waals surface area contributed by atoms with Crippen LogP contribution in [0, 0.1) is 5.82 Å². The number of sulfonamides is 1. The highest BCUT2D eigenvalue weighted by Crippen LogP contribution is 2.28. The molecule has 0 bridgehead atoms. The van der Waals surface area contributed by atoms with Crippen LogP contribution in [0.5, 0.6) is 0 Å². The Labute approximate surface area is 124 Å². The summed E-state index contributed by atoms with van der Waals surface area (Å²) in [5, 5.41) is 0. The molecule has 2 aromatic rings. The van der Waals surface area contributed by atoms with Crippen molar-refractivity contribution in [2.24, 2.45) is 0 Å². The van der Waals surface area contributed by atoms with Crippen molar-refractivity contribution in [3.8, 4) is 0 Å². The summed E-state index contributed by atoms with van der Waals surface area (Å²) in [7, 11) is -2.54. The van der Waals surface area contributed by atoms with Gasteiger partial charge in [0, 0.05) is 12.7 Å². The van der Waals surface area contributed by atoms with E-state index >= 15 is 0 Å². The summed E-state index contributed by atoms with van der Waals surface area (Å²) < 4.78 is 40.2. The molecule has 0 saturated carbocycles. The van der Waals surface area contributed by atoms with E-state index in [1.165, 1.54) is 31.3 Å². The Kier molecular flexibility index (Phi) is 4.18. The molecule has 4 nitrogen and oxygen atoms in total. The molecule has 0 atom stereocenters. The van der Waals surface area contributed by atoms with Crippen LogP contribution >= 0.6 is 0 Å². The van der Waals surface area contributed by atoms with E-state index in [4.69, 9.17) is 5.73 Å². The van der Waals surface area contributed by atoms with Crippen LogP contribution in [0.3, 0.4) is 0 Å². The lowest BCUT2D eigenvalue weighted by molar-refractivity contribution is 0.588. The van der Waals surface area contributed by atoms with Crippen molar-refractivity contribution in [2.45, 2.75) is 18.2 Å². The minimum atomic E-state index is -3.87. The van der Waals surface area contributed by atoms with Crippen LogP contribution in [0.15, 0.2) is 47.4 Å². The largest absolute Gasteiger partial charge is 0.399 e. The average Bonchev–Trinajstić information content (AvgIpc) is 2.47. The molecule has 0 aromatic heterocycles. The van der Waals surface area contributed by atoms with Gasteiger partial charge in [-0.25, -0.2) is 12.8 Å². The predicted molar refractivity (Wildman–Crippen MR) is 82.2 cm³/mol. The van der Waals surface area contributed by atoms with Gasteiger partial charge in [0.2, 0.25) is 0 Å². The molecule has 0 fully saturated rings. The zero-order valence-electron chi connectivity index (χ0n) is 11.9. The maximum absolute atomic E-state index is 13.8. The first kappa shape index (κ1) is 15.3. The van der Waals surface area contributed by atoms with Gasteiger partial charge in [-0.2, -0.15) is 0 Å². The molecular formula is C15H17FN2O2S. The molecule has 0 spiro atoms. The molecule has 0 saturated heterocycles. The second-order valence-electron chi connectivity index (χ2n) is 4.64. The summed E-state index contributed by atoms with van der Waals surface area (Å²) >= 11 is 0. The Morgan fingerprint density at radius 3 is 2.48 bits per heavy atom. The zero-order valence-corrected chi connectivity index (χ0v) is 12.7. The average molecular weight is 308 g/mol. The Hall–Kier alpha value is -2.08. The maximum Gasteiger partial charge on any atom is 0.264 e. The zero-order chi connectivity index (χ0) is 15.6. The van der Waals surface area contributed by atoms with Crippen molar-refractivity contribution in [3.05, 3.63) is 53.8 Å². The summed E-state index contributed by atoms with van der Waals surface area (Å²) in [5.41, 5.74) is 6.69. The van der Waals surface area contributed by atoms with E-state index in [-0.39, 0.29) is 10.6 Å². The highest BCUT2D eigenvalue weighted by molar-refractivity contribution is 7.92. The number of nitrogens with two attached hydrogens (primary N) is 1. The number of halogens is 1. The van der Waals surface area contributed by atoms with Crippen LogP contribution in [0.2, 0.25) is 0 Å². The quantitative estimate of drug-likeness (QED) is 0.883. The molecule has 0 aliphatic heterocycles. The standard InChI is InChI=1S/C15H17FN2O2S/c1-3-11-8-9-12(17)10-15(11)21(19,20)18(2)14-7-5-4-6-13(14)16/h4-10H,3,17H2,1-2H3. The van der Waals surface area contributed by atoms with Gasteiger partial charge >= 0.3 is 0 Å². The fraction of sp³-hybridized carbons (Fsp3) is 0.200. The first-order chi connectivity index (χ1) is 9.87. The van der Waals surface area contributed by atoms with Gasteiger partial charge in [-0.15, -0.1) is 0 Å². The third-order valence-corrected chi connectivity index (χ3v) is 5.16. The number of hydrogen-bond acceptors (Lipinski definition) is 3. The summed E-state index contributed by atoms with van der Waals surface area (Å²) in [6.07, 6.45) is 0.542. The molecule has 0 radical (unpaired) electrons. The number of benzene rings is 2. The van der Waals surface area contributed by atoms with Gasteiger partial charge < -0.3 is 5.73 Å². The minimum Gasteiger partial charge on any atom is -0.399 e. The summed E-state index contributed by atoms with van der Waals surface area (Å²) in [6.45, 7) is 1.85. The van der Waals surface area contributed by atoms with Crippen LogP contribution in [0.4, 0.5) is 15.8 Å². The van der Waals surface area contributed by atoms with Crippen LogP contribution in [-0.4, -0.2) is 15.5 Å². The van der Waals surface area contributed by atoms with E-state index in [0.29, 0.717) is 17.7 Å². The van der Waals surface area contributed by atoms with Gasteiger partial charge in [-0.1, -0.05) is 25.1 Å². The number of nitrogen functional groups attached to an aromatic ring is 1. The molecule has 2 N–H and O–H groups in total. The SMILES string of the molecule is CCc1ccc(N)cc1S(=O)(=O)N(C)c1ccccc1F. The van der Waals surface area contributed by atoms with Gasteiger partial charge in [0.15, 0.2) is 0 Å². The molecule has 21 heavy (non-hydrogen) atoms. The Bertz CT molecular complexity index is 760. The summed E-state index contributed by atoms with van der Waals surface area (Å²) in [4.78, 5) is 0.107. The molecule has 0 heterocycles. The normalized spacial score (nSPS) is 11.4. The molecule has 0 aliphatic carbocycles. The van der Waals surface area contributed by atoms with Crippen LogP contribution in [0.1, 0.15) is 12.5 Å². The molecule has 0 amide bonds. The van der Waals surface area contributed by atoms with E-state index < -0.39 is 15.8 Å². The lowest BCUT2D eigenvalue weighted by Crippen LogP contribution is -2.28. The first-order valence-electron chi connectivity index (χ1n) is 6.49. The van der Waals surface area contributed by atoms with Crippen LogP contribution in [0.25, 0.3) is 0 Å². The van der Waals surface area contributed by atoms with Gasteiger partial charge in [0.1, 0.15) is 5.82 Å². The third-order valence-electron chi connectivity index (χ3n) is 3.30. The highest BCUT2D eigenvalue weighted by Gasteiger charge is 2.25. The maximum atomic E-state index is 13.8. The second kappa shape index (κ2) is 5.73. The molecular weight excluding hydrogens is 291 g/mol. The number of para-hydroxylation sites is 1. The van der Waals surface area contributed by atoms with Crippen LogP contribution < -0.4 is 10.0 Å². The van der Waals surface area contributed by atoms with E-state index in [2.05, 4.69) is 0 Å². The first-order valence-corrected chi connectivity index (χ1v) is 7.93.